The van der Waals surface area contributed by atoms with Crippen LogP contribution in [0.5, 0.6) is 0 Å². The molecule has 39 heavy (non-hydrogen) atoms. The highest BCUT2D eigenvalue weighted by atomic mass is 16.4. The van der Waals surface area contributed by atoms with Crippen LogP contribution in [0.1, 0.15) is 38.3 Å². The summed E-state index contributed by atoms with van der Waals surface area (Å²) < 4.78 is 0. The zero-order chi connectivity index (χ0) is 28.5. The van der Waals surface area contributed by atoms with Crippen LogP contribution in [0, 0.1) is 5.92 Å². The Kier molecular flexibility index (Phi) is 10.2. The molecule has 0 saturated carbocycles. The summed E-state index contributed by atoms with van der Waals surface area (Å²) in [6.45, 7) is 5.19. The average molecular weight is 536 g/mol. The number of carboxylic acids is 1. The van der Waals surface area contributed by atoms with E-state index in [1.54, 1.807) is 37.4 Å². The molecule has 5 atom stereocenters. The summed E-state index contributed by atoms with van der Waals surface area (Å²) in [6, 6.07) is 12.5. The number of carboxylic acid groups (broad SMARTS) is 1. The van der Waals surface area contributed by atoms with Gasteiger partial charge in [-0.15, -0.1) is 0 Å². The first-order valence-electron chi connectivity index (χ1n) is 13.1. The number of aromatic nitrogens is 1. The minimum Gasteiger partial charge on any atom is -0.480 e. The monoisotopic (exact) mass is 535 g/mol. The van der Waals surface area contributed by atoms with Crippen LogP contribution in [0.3, 0.4) is 0 Å². The van der Waals surface area contributed by atoms with Gasteiger partial charge in [-0.05, 0) is 30.0 Å². The van der Waals surface area contributed by atoms with Gasteiger partial charge >= 0.3 is 5.97 Å². The molecule has 1 heterocycles. The first kappa shape index (κ1) is 29.4. The Hall–Kier alpha value is -4.18. The SMILES string of the molecule is CCC(C)C(NC(=O)C(Cc1c[nH]c2ccccc12)NC(=O)C(C)N)C(=O)NC(Cc1ccccc1)C(=O)O. The third-order valence-corrected chi connectivity index (χ3v) is 6.84. The summed E-state index contributed by atoms with van der Waals surface area (Å²) >= 11 is 0. The molecule has 0 radical (unpaired) electrons. The molecule has 0 bridgehead atoms. The number of amides is 3. The lowest BCUT2D eigenvalue weighted by Crippen LogP contribution is -2.59. The van der Waals surface area contributed by atoms with E-state index < -0.39 is 47.9 Å². The van der Waals surface area contributed by atoms with Crippen LogP contribution >= 0.6 is 0 Å². The van der Waals surface area contributed by atoms with Crippen molar-refractivity contribution in [1.29, 1.82) is 0 Å². The predicted octanol–water partition coefficient (Wildman–Crippen LogP) is 1.89. The number of hydrogen-bond donors (Lipinski definition) is 6. The normalized spacial score (nSPS) is 15.0. The second-order valence-electron chi connectivity index (χ2n) is 9.87. The van der Waals surface area contributed by atoms with E-state index in [0.717, 1.165) is 22.0 Å². The fourth-order valence-corrected chi connectivity index (χ4v) is 4.30. The Morgan fingerprint density at radius 3 is 2.13 bits per heavy atom. The second-order valence-corrected chi connectivity index (χ2v) is 9.87. The number of H-pyrrole nitrogens is 1. The van der Waals surface area contributed by atoms with Crippen LogP contribution in [0.2, 0.25) is 0 Å². The summed E-state index contributed by atoms with van der Waals surface area (Å²) in [5.41, 5.74) is 8.20. The van der Waals surface area contributed by atoms with E-state index in [4.69, 9.17) is 5.73 Å². The number of nitrogens with one attached hydrogen (secondary N) is 4. The third-order valence-electron chi connectivity index (χ3n) is 6.84. The van der Waals surface area contributed by atoms with Crippen molar-refractivity contribution in [3.63, 3.8) is 0 Å². The Morgan fingerprint density at radius 1 is 0.846 bits per heavy atom. The van der Waals surface area contributed by atoms with Gasteiger partial charge in [-0.2, -0.15) is 0 Å². The van der Waals surface area contributed by atoms with Crippen LogP contribution in [0.25, 0.3) is 10.9 Å². The maximum Gasteiger partial charge on any atom is 0.326 e. The molecule has 3 amide bonds. The molecule has 0 saturated heterocycles. The smallest absolute Gasteiger partial charge is 0.326 e. The van der Waals surface area contributed by atoms with Gasteiger partial charge in [-0.3, -0.25) is 14.4 Å². The Morgan fingerprint density at radius 2 is 1.49 bits per heavy atom. The molecule has 3 aromatic rings. The Bertz CT molecular complexity index is 1290. The van der Waals surface area contributed by atoms with Crippen LogP contribution in [0.15, 0.2) is 60.8 Å². The van der Waals surface area contributed by atoms with Crippen molar-refractivity contribution >= 4 is 34.6 Å². The summed E-state index contributed by atoms with van der Waals surface area (Å²) in [7, 11) is 0. The molecule has 3 rings (SSSR count). The molecule has 10 heteroatoms. The summed E-state index contributed by atoms with van der Waals surface area (Å²) in [5, 5.41) is 18.7. The van der Waals surface area contributed by atoms with Crippen molar-refractivity contribution in [3.05, 3.63) is 71.9 Å². The van der Waals surface area contributed by atoms with E-state index in [2.05, 4.69) is 20.9 Å². The standard InChI is InChI=1S/C29H37N5O5/c1-4-17(2)25(28(37)33-24(29(38)39)14-19-10-6-5-7-11-19)34-27(36)23(32-26(35)18(3)30)15-20-16-31-22-13-9-8-12-21(20)22/h5-13,16-18,23-25,31H,4,14-15,30H2,1-3H3,(H,32,35)(H,33,37)(H,34,36)(H,38,39). The van der Waals surface area contributed by atoms with Gasteiger partial charge in [-0.1, -0.05) is 68.8 Å². The van der Waals surface area contributed by atoms with Gasteiger partial charge in [0.25, 0.3) is 0 Å². The second kappa shape index (κ2) is 13.6. The zero-order valence-corrected chi connectivity index (χ0v) is 22.4. The lowest BCUT2D eigenvalue weighted by Gasteiger charge is -2.28. The first-order valence-corrected chi connectivity index (χ1v) is 13.1. The molecule has 5 unspecified atom stereocenters. The van der Waals surface area contributed by atoms with Gasteiger partial charge in [0, 0.05) is 29.9 Å². The van der Waals surface area contributed by atoms with E-state index in [1.807, 2.05) is 37.3 Å². The first-order chi connectivity index (χ1) is 18.6. The number of nitrogens with two attached hydrogens (primary N) is 1. The lowest BCUT2D eigenvalue weighted by atomic mass is 9.96. The maximum absolute atomic E-state index is 13.5. The van der Waals surface area contributed by atoms with Gasteiger partial charge in [0.05, 0.1) is 6.04 Å². The minimum atomic E-state index is -1.18. The molecule has 7 N–H and O–H groups in total. The predicted molar refractivity (Wildman–Crippen MR) is 149 cm³/mol. The van der Waals surface area contributed by atoms with Crippen molar-refractivity contribution in [1.82, 2.24) is 20.9 Å². The van der Waals surface area contributed by atoms with Gasteiger partial charge in [0.2, 0.25) is 17.7 Å². The largest absolute Gasteiger partial charge is 0.480 e. The zero-order valence-electron chi connectivity index (χ0n) is 22.4. The number of rotatable bonds is 13. The van der Waals surface area contributed by atoms with E-state index in [9.17, 15) is 24.3 Å². The number of aliphatic carboxylic acids is 1. The van der Waals surface area contributed by atoms with Crippen LogP contribution < -0.4 is 21.7 Å². The average Bonchev–Trinajstić information content (AvgIpc) is 3.33. The minimum absolute atomic E-state index is 0.0940. The molecule has 0 aliphatic rings. The van der Waals surface area contributed by atoms with Crippen molar-refractivity contribution in [3.8, 4) is 0 Å². The van der Waals surface area contributed by atoms with Gasteiger partial charge in [0.1, 0.15) is 18.1 Å². The molecule has 0 fully saturated rings. The van der Waals surface area contributed by atoms with Crippen LogP contribution in [-0.2, 0) is 32.0 Å². The molecular weight excluding hydrogens is 498 g/mol. The topological polar surface area (TPSA) is 166 Å². The maximum atomic E-state index is 13.5. The molecule has 10 nitrogen and oxygen atoms in total. The fourth-order valence-electron chi connectivity index (χ4n) is 4.30. The summed E-state index contributed by atoms with van der Waals surface area (Å²) in [6.07, 6.45) is 2.59. The molecule has 0 aliphatic carbocycles. The van der Waals surface area contributed by atoms with Gasteiger partial charge < -0.3 is 31.8 Å². The molecule has 2 aromatic carbocycles. The van der Waals surface area contributed by atoms with Crippen LogP contribution in [0.4, 0.5) is 0 Å². The number of hydrogen-bond acceptors (Lipinski definition) is 5. The fraction of sp³-hybridized carbons (Fsp3) is 0.379. The summed E-state index contributed by atoms with van der Waals surface area (Å²) in [5.74, 6) is -3.16. The number of aromatic amines is 1. The quantitative estimate of drug-likeness (QED) is 0.195. The molecule has 208 valence electrons. The highest BCUT2D eigenvalue weighted by Gasteiger charge is 2.33. The van der Waals surface area contributed by atoms with Crippen molar-refractivity contribution in [2.75, 3.05) is 0 Å². The Balaban J connectivity index is 1.81. The van der Waals surface area contributed by atoms with Crippen molar-refractivity contribution in [2.24, 2.45) is 11.7 Å². The van der Waals surface area contributed by atoms with E-state index in [-0.39, 0.29) is 18.8 Å². The number of carbonyl (C=O) groups is 4. The van der Waals surface area contributed by atoms with E-state index in [0.29, 0.717) is 6.42 Å². The molecular formula is C29H37N5O5. The number of fused-ring (bicyclic) bond motifs is 1. The van der Waals surface area contributed by atoms with Crippen LogP contribution in [-0.4, -0.2) is 57.9 Å². The van der Waals surface area contributed by atoms with E-state index in [1.165, 1.54) is 6.92 Å². The molecule has 1 aromatic heterocycles. The summed E-state index contributed by atoms with van der Waals surface area (Å²) in [4.78, 5) is 54.4. The molecule has 0 spiro atoms. The molecule has 0 aliphatic heterocycles. The van der Waals surface area contributed by atoms with Crippen molar-refractivity contribution < 1.29 is 24.3 Å². The van der Waals surface area contributed by atoms with Gasteiger partial charge in [-0.25, -0.2) is 4.79 Å². The van der Waals surface area contributed by atoms with Crippen molar-refractivity contribution in [2.45, 2.75) is 64.2 Å². The number of para-hydroxylation sites is 1. The van der Waals surface area contributed by atoms with Gasteiger partial charge in [0.15, 0.2) is 0 Å². The lowest BCUT2D eigenvalue weighted by molar-refractivity contribution is -0.142. The highest BCUT2D eigenvalue weighted by Crippen LogP contribution is 2.19. The Labute approximate surface area is 227 Å². The highest BCUT2D eigenvalue weighted by molar-refractivity contribution is 5.95. The number of benzene rings is 2. The third kappa shape index (κ3) is 7.90. The number of carbonyl (C=O) groups excluding carboxylic acids is 3. The van der Waals surface area contributed by atoms with E-state index >= 15 is 0 Å².